The fraction of sp³-hybridized carbons (Fsp3) is 0.182. The van der Waals surface area contributed by atoms with E-state index in [1.54, 1.807) is 16.8 Å². The fourth-order valence-electron chi connectivity index (χ4n) is 1.87. The molecule has 0 atom stereocenters. The Morgan fingerprint density at radius 2 is 2.37 bits per heavy atom. The van der Waals surface area contributed by atoms with E-state index in [-0.39, 0.29) is 5.91 Å². The average Bonchev–Trinajstić information content (AvgIpc) is 3.07. The van der Waals surface area contributed by atoms with Gasteiger partial charge >= 0.3 is 0 Å². The minimum absolute atomic E-state index is 0.258. The Morgan fingerprint density at radius 3 is 3.11 bits per heavy atom. The molecule has 0 aliphatic heterocycles. The first-order valence-electron chi connectivity index (χ1n) is 5.78. The molecule has 3 rings (SSSR count). The molecule has 8 nitrogen and oxygen atoms in total. The highest BCUT2D eigenvalue weighted by Crippen LogP contribution is 2.12. The van der Waals surface area contributed by atoms with E-state index in [1.165, 1.54) is 12.5 Å². The van der Waals surface area contributed by atoms with Crippen molar-refractivity contribution < 1.29 is 4.79 Å². The van der Waals surface area contributed by atoms with Crippen molar-refractivity contribution in [3.8, 4) is 0 Å². The van der Waals surface area contributed by atoms with Crippen molar-refractivity contribution in [2.24, 2.45) is 0 Å². The third-order valence-corrected chi connectivity index (χ3v) is 2.73. The molecule has 0 aromatic carbocycles. The predicted octanol–water partition coefficient (Wildman–Crippen LogP) is 0.662. The number of fused-ring (bicyclic) bond motifs is 1. The van der Waals surface area contributed by atoms with Crippen LogP contribution in [0.25, 0.3) is 5.78 Å². The van der Waals surface area contributed by atoms with E-state index in [0.717, 1.165) is 5.69 Å². The molecule has 0 saturated heterocycles. The summed E-state index contributed by atoms with van der Waals surface area (Å²) in [5, 5.41) is 13.2. The van der Waals surface area contributed by atoms with Gasteiger partial charge in [0.05, 0.1) is 17.5 Å². The molecule has 3 aromatic heterocycles. The third-order valence-electron chi connectivity index (χ3n) is 2.73. The highest BCUT2D eigenvalue weighted by Gasteiger charge is 2.15. The minimum atomic E-state index is -0.258. The van der Waals surface area contributed by atoms with E-state index in [9.17, 15) is 4.79 Å². The molecule has 96 valence electrons. The highest BCUT2D eigenvalue weighted by molar-refractivity contribution is 6.04. The Balaban J connectivity index is 2.01. The van der Waals surface area contributed by atoms with Crippen molar-refractivity contribution >= 4 is 17.5 Å². The number of H-pyrrole nitrogens is 1. The van der Waals surface area contributed by atoms with E-state index in [2.05, 4.69) is 30.6 Å². The number of rotatable bonds is 3. The molecular formula is C11H11N7O. The van der Waals surface area contributed by atoms with Gasteiger partial charge in [0.25, 0.3) is 11.7 Å². The van der Waals surface area contributed by atoms with Crippen molar-refractivity contribution in [3.05, 3.63) is 36.0 Å². The number of aromatic nitrogens is 6. The van der Waals surface area contributed by atoms with E-state index in [1.807, 2.05) is 6.92 Å². The number of aromatic amines is 1. The van der Waals surface area contributed by atoms with Crippen LogP contribution in [0.5, 0.6) is 0 Å². The SMILES string of the molecule is CCc1c(C(=O)Nc2ccn[nH]2)cnc2ncnn12. The van der Waals surface area contributed by atoms with E-state index in [0.29, 0.717) is 23.6 Å². The Hall–Kier alpha value is -2.77. The molecule has 2 N–H and O–H groups in total. The van der Waals surface area contributed by atoms with Gasteiger partial charge in [-0.2, -0.15) is 15.2 Å². The first kappa shape index (κ1) is 11.3. The fourth-order valence-corrected chi connectivity index (χ4v) is 1.87. The molecule has 8 heteroatoms. The highest BCUT2D eigenvalue weighted by atomic mass is 16.1. The van der Waals surface area contributed by atoms with E-state index in [4.69, 9.17) is 0 Å². The number of nitrogens with one attached hydrogen (secondary N) is 2. The van der Waals surface area contributed by atoms with Crippen molar-refractivity contribution in [3.63, 3.8) is 0 Å². The van der Waals surface area contributed by atoms with Gasteiger partial charge in [0.1, 0.15) is 12.1 Å². The van der Waals surface area contributed by atoms with Crippen LogP contribution in [0.1, 0.15) is 23.0 Å². The zero-order chi connectivity index (χ0) is 13.2. The van der Waals surface area contributed by atoms with Crippen LogP contribution >= 0.6 is 0 Å². The minimum Gasteiger partial charge on any atom is -0.307 e. The molecule has 0 aliphatic carbocycles. The van der Waals surface area contributed by atoms with E-state index >= 15 is 0 Å². The first-order valence-corrected chi connectivity index (χ1v) is 5.78. The Morgan fingerprint density at radius 1 is 1.47 bits per heavy atom. The summed E-state index contributed by atoms with van der Waals surface area (Å²) in [6.45, 7) is 1.95. The van der Waals surface area contributed by atoms with Gasteiger partial charge in [-0.15, -0.1) is 0 Å². The quantitative estimate of drug-likeness (QED) is 0.717. The lowest BCUT2D eigenvalue weighted by molar-refractivity contribution is 0.102. The van der Waals surface area contributed by atoms with Crippen molar-refractivity contribution in [1.82, 2.24) is 29.8 Å². The number of hydrogen-bond acceptors (Lipinski definition) is 5. The van der Waals surface area contributed by atoms with Crippen LogP contribution in [0.4, 0.5) is 5.82 Å². The number of hydrogen-bond donors (Lipinski definition) is 2. The Labute approximate surface area is 107 Å². The summed E-state index contributed by atoms with van der Waals surface area (Å²) in [4.78, 5) is 20.3. The zero-order valence-electron chi connectivity index (χ0n) is 10.2. The molecule has 19 heavy (non-hydrogen) atoms. The van der Waals surface area contributed by atoms with Gasteiger partial charge in [-0.1, -0.05) is 6.92 Å². The maximum atomic E-state index is 12.2. The topological polar surface area (TPSA) is 101 Å². The smallest absolute Gasteiger partial charge is 0.260 e. The Bertz CT molecular complexity index is 716. The summed E-state index contributed by atoms with van der Waals surface area (Å²) in [7, 11) is 0. The monoisotopic (exact) mass is 257 g/mol. The number of nitrogens with zero attached hydrogens (tertiary/aromatic N) is 5. The third kappa shape index (κ3) is 1.92. The number of anilines is 1. The molecular weight excluding hydrogens is 246 g/mol. The lowest BCUT2D eigenvalue weighted by Crippen LogP contribution is -2.17. The first-order chi connectivity index (χ1) is 9.29. The molecule has 3 heterocycles. The molecule has 0 spiro atoms. The largest absolute Gasteiger partial charge is 0.307 e. The van der Waals surface area contributed by atoms with Crippen molar-refractivity contribution in [2.45, 2.75) is 13.3 Å². The van der Waals surface area contributed by atoms with Gasteiger partial charge in [-0.05, 0) is 6.42 Å². The lowest BCUT2D eigenvalue weighted by atomic mass is 10.2. The number of carbonyl (C=O) groups excluding carboxylic acids is 1. The lowest BCUT2D eigenvalue weighted by Gasteiger charge is -2.08. The van der Waals surface area contributed by atoms with Crippen LogP contribution in [0, 0.1) is 0 Å². The molecule has 0 fully saturated rings. The summed E-state index contributed by atoms with van der Waals surface area (Å²) in [5.41, 5.74) is 1.23. The maximum Gasteiger partial charge on any atom is 0.260 e. The summed E-state index contributed by atoms with van der Waals surface area (Å²) in [6.07, 6.45) is 5.13. The average molecular weight is 257 g/mol. The van der Waals surface area contributed by atoms with Gasteiger partial charge in [0.15, 0.2) is 0 Å². The van der Waals surface area contributed by atoms with Crippen LogP contribution in [0.2, 0.25) is 0 Å². The molecule has 0 aliphatic rings. The van der Waals surface area contributed by atoms with Crippen molar-refractivity contribution in [1.29, 1.82) is 0 Å². The Kier molecular flexibility index (Phi) is 2.67. The zero-order valence-corrected chi connectivity index (χ0v) is 10.2. The molecule has 0 radical (unpaired) electrons. The van der Waals surface area contributed by atoms with Gasteiger partial charge in [-0.3, -0.25) is 9.89 Å². The second-order valence-electron chi connectivity index (χ2n) is 3.87. The van der Waals surface area contributed by atoms with Crippen molar-refractivity contribution in [2.75, 3.05) is 5.32 Å². The second-order valence-corrected chi connectivity index (χ2v) is 3.87. The second kappa shape index (κ2) is 4.48. The van der Waals surface area contributed by atoms with Gasteiger partial charge < -0.3 is 5.32 Å². The summed E-state index contributed by atoms with van der Waals surface area (Å²) < 4.78 is 1.57. The predicted molar refractivity (Wildman–Crippen MR) is 66.7 cm³/mol. The summed E-state index contributed by atoms with van der Waals surface area (Å²) in [5.74, 6) is 0.756. The summed E-state index contributed by atoms with van der Waals surface area (Å²) >= 11 is 0. The van der Waals surface area contributed by atoms with Crippen LogP contribution < -0.4 is 5.32 Å². The standard InChI is InChI=1S/C11H11N7O/c1-2-8-7(5-12-11-13-6-15-18(8)11)10(19)16-9-3-4-14-17-9/h3-6H,2H2,1H3,(H2,14,16,17,19). The van der Waals surface area contributed by atoms with Crippen LogP contribution in [0.3, 0.4) is 0 Å². The molecule has 3 aromatic rings. The van der Waals surface area contributed by atoms with E-state index < -0.39 is 0 Å². The molecule has 0 unspecified atom stereocenters. The van der Waals surface area contributed by atoms with Gasteiger partial charge in [-0.25, -0.2) is 9.50 Å². The van der Waals surface area contributed by atoms with Crippen LogP contribution in [-0.2, 0) is 6.42 Å². The molecule has 1 amide bonds. The molecule has 0 saturated carbocycles. The van der Waals surface area contributed by atoms with Crippen LogP contribution in [-0.4, -0.2) is 35.7 Å². The normalized spacial score (nSPS) is 10.8. The number of aryl methyl sites for hydroxylation is 1. The van der Waals surface area contributed by atoms with Crippen LogP contribution in [0.15, 0.2) is 24.8 Å². The number of amides is 1. The van der Waals surface area contributed by atoms with Gasteiger partial charge in [0.2, 0.25) is 0 Å². The van der Waals surface area contributed by atoms with Gasteiger partial charge in [0, 0.05) is 12.3 Å². The summed E-state index contributed by atoms with van der Waals surface area (Å²) in [6, 6.07) is 1.67. The maximum absolute atomic E-state index is 12.2. The molecule has 0 bridgehead atoms. The number of carbonyl (C=O) groups is 1.